The zero-order chi connectivity index (χ0) is 10.9. The number of nitrogens with two attached hydrogens (primary N) is 1. The molecule has 0 aliphatic heterocycles. The van der Waals surface area contributed by atoms with Crippen molar-refractivity contribution < 1.29 is 19.7 Å². The largest absolute Gasteiger partial charge is 0.394 e. The average molecular weight is 205 g/mol. The first-order chi connectivity index (χ1) is 6.68. The normalized spacial score (nSPS) is 15.1. The molecule has 5 heteroatoms. The minimum absolute atomic E-state index is 0.0514. The fourth-order valence-corrected chi connectivity index (χ4v) is 0.962. The van der Waals surface area contributed by atoms with Gasteiger partial charge in [0.2, 0.25) is 0 Å². The summed E-state index contributed by atoms with van der Waals surface area (Å²) < 4.78 is 10.3. The molecule has 0 saturated heterocycles. The lowest BCUT2D eigenvalue weighted by Gasteiger charge is -2.27. The third kappa shape index (κ3) is 6.06. The molecule has 1 atom stereocenters. The lowest BCUT2D eigenvalue weighted by atomic mass is 10.1. The van der Waals surface area contributed by atoms with Crippen LogP contribution in [0.4, 0.5) is 0 Å². The smallest absolute Gasteiger partial charge is 0.143 e. The van der Waals surface area contributed by atoms with E-state index < -0.39 is 5.72 Å². The molecule has 84 valence electrons. The third-order valence-corrected chi connectivity index (χ3v) is 1.55. The van der Waals surface area contributed by atoms with Gasteiger partial charge < -0.3 is 25.4 Å². The first kappa shape index (κ1) is 13.5. The van der Waals surface area contributed by atoms with Crippen molar-refractivity contribution in [3.63, 3.8) is 0 Å². The molecule has 4 N–H and O–H groups in total. The van der Waals surface area contributed by atoms with Crippen molar-refractivity contribution in [2.24, 2.45) is 5.73 Å². The van der Waals surface area contributed by atoms with Gasteiger partial charge in [0.1, 0.15) is 5.72 Å². The maximum atomic E-state index is 8.58. The van der Waals surface area contributed by atoms with Crippen molar-refractivity contribution in [1.82, 2.24) is 0 Å². The molecule has 0 aromatic rings. The minimum atomic E-state index is -0.959. The third-order valence-electron chi connectivity index (χ3n) is 1.55. The molecular weight excluding hydrogens is 186 g/mol. The van der Waals surface area contributed by atoms with Gasteiger partial charge in [-0.2, -0.15) is 0 Å². The molecule has 0 saturated carbocycles. The topological polar surface area (TPSA) is 84.9 Å². The van der Waals surface area contributed by atoms with E-state index in [9.17, 15) is 0 Å². The van der Waals surface area contributed by atoms with E-state index in [-0.39, 0.29) is 33.0 Å². The predicted molar refractivity (Wildman–Crippen MR) is 52.7 cm³/mol. The van der Waals surface area contributed by atoms with Gasteiger partial charge in [-0.05, 0) is 0 Å². The summed E-state index contributed by atoms with van der Waals surface area (Å²) in [6.45, 7) is 3.96. The predicted octanol–water partition coefficient (Wildman–Crippen LogP) is -0.765. The fourth-order valence-electron chi connectivity index (χ4n) is 0.962. The van der Waals surface area contributed by atoms with E-state index in [1.165, 1.54) is 0 Å². The maximum Gasteiger partial charge on any atom is 0.143 e. The number of rotatable bonds is 9. The summed E-state index contributed by atoms with van der Waals surface area (Å²) in [6, 6.07) is 0. The number of aliphatic hydroxyl groups excluding tert-OH is 2. The highest BCUT2D eigenvalue weighted by molar-refractivity contribution is 4.83. The molecule has 0 rings (SSSR count). The number of hydrogen-bond donors (Lipinski definition) is 3. The standard InChI is InChI=1S/C9H19NO4/c1-2-3-9(10,14-7-5-12)8-13-6-4-11/h2,11-12H,1,3-8,10H2. The average Bonchev–Trinajstić information content (AvgIpc) is 2.16. The summed E-state index contributed by atoms with van der Waals surface area (Å²) in [5, 5.41) is 17.1. The van der Waals surface area contributed by atoms with Gasteiger partial charge in [-0.3, -0.25) is 0 Å². The van der Waals surface area contributed by atoms with Crippen molar-refractivity contribution in [1.29, 1.82) is 0 Å². The van der Waals surface area contributed by atoms with Crippen LogP contribution >= 0.6 is 0 Å². The summed E-state index contributed by atoms with van der Waals surface area (Å²) in [5.41, 5.74) is 4.87. The monoisotopic (exact) mass is 205 g/mol. The van der Waals surface area contributed by atoms with Crippen LogP contribution in [-0.2, 0) is 9.47 Å². The fraction of sp³-hybridized carbons (Fsp3) is 0.778. The van der Waals surface area contributed by atoms with Gasteiger partial charge in [-0.1, -0.05) is 6.08 Å². The van der Waals surface area contributed by atoms with Crippen LogP contribution in [0.3, 0.4) is 0 Å². The zero-order valence-electron chi connectivity index (χ0n) is 8.32. The Kier molecular flexibility index (Phi) is 7.64. The Morgan fingerprint density at radius 3 is 2.43 bits per heavy atom. The molecule has 14 heavy (non-hydrogen) atoms. The molecule has 0 bridgehead atoms. The minimum Gasteiger partial charge on any atom is -0.394 e. The molecule has 5 nitrogen and oxygen atoms in total. The van der Waals surface area contributed by atoms with E-state index in [2.05, 4.69) is 6.58 Å². The Hall–Kier alpha value is -0.460. The van der Waals surface area contributed by atoms with E-state index in [1.54, 1.807) is 6.08 Å². The Balaban J connectivity index is 3.88. The Bertz CT molecular complexity index is 154. The molecular formula is C9H19NO4. The molecule has 0 radical (unpaired) electrons. The Morgan fingerprint density at radius 1 is 1.29 bits per heavy atom. The molecule has 0 amide bonds. The van der Waals surface area contributed by atoms with Crippen LogP contribution in [0, 0.1) is 0 Å². The number of ether oxygens (including phenoxy) is 2. The highest BCUT2D eigenvalue weighted by Crippen LogP contribution is 2.10. The van der Waals surface area contributed by atoms with Crippen LogP contribution in [0.5, 0.6) is 0 Å². The zero-order valence-corrected chi connectivity index (χ0v) is 8.32. The molecule has 1 unspecified atom stereocenters. The summed E-state index contributed by atoms with van der Waals surface area (Å²) >= 11 is 0. The summed E-state index contributed by atoms with van der Waals surface area (Å²) in [5.74, 6) is 0. The van der Waals surface area contributed by atoms with Crippen molar-refractivity contribution in [3.05, 3.63) is 12.7 Å². The van der Waals surface area contributed by atoms with Gasteiger partial charge in [-0.25, -0.2) is 0 Å². The van der Waals surface area contributed by atoms with Gasteiger partial charge in [0.05, 0.1) is 33.0 Å². The van der Waals surface area contributed by atoms with Crippen LogP contribution in [0.1, 0.15) is 6.42 Å². The Morgan fingerprint density at radius 2 is 1.93 bits per heavy atom. The van der Waals surface area contributed by atoms with Crippen LogP contribution < -0.4 is 5.73 Å². The molecule has 0 heterocycles. The summed E-state index contributed by atoms with van der Waals surface area (Å²) in [6.07, 6.45) is 2.05. The SMILES string of the molecule is C=CCC(N)(COCCO)OCCO. The van der Waals surface area contributed by atoms with E-state index in [0.29, 0.717) is 6.42 Å². The second-order valence-electron chi connectivity index (χ2n) is 2.91. The molecule has 0 spiro atoms. The first-order valence-electron chi connectivity index (χ1n) is 4.51. The quantitative estimate of drug-likeness (QED) is 0.261. The lowest BCUT2D eigenvalue weighted by Crippen LogP contribution is -2.47. The summed E-state index contributed by atoms with van der Waals surface area (Å²) in [7, 11) is 0. The van der Waals surface area contributed by atoms with Crippen molar-refractivity contribution in [3.8, 4) is 0 Å². The van der Waals surface area contributed by atoms with Gasteiger partial charge in [-0.15, -0.1) is 6.58 Å². The van der Waals surface area contributed by atoms with Crippen molar-refractivity contribution in [2.45, 2.75) is 12.1 Å². The second kappa shape index (κ2) is 7.90. The molecule has 0 aliphatic carbocycles. The second-order valence-corrected chi connectivity index (χ2v) is 2.91. The van der Waals surface area contributed by atoms with Crippen molar-refractivity contribution in [2.75, 3.05) is 33.0 Å². The van der Waals surface area contributed by atoms with Gasteiger partial charge >= 0.3 is 0 Å². The molecule has 0 aromatic heterocycles. The first-order valence-corrected chi connectivity index (χ1v) is 4.51. The summed E-state index contributed by atoms with van der Waals surface area (Å²) in [4.78, 5) is 0. The van der Waals surface area contributed by atoms with E-state index >= 15 is 0 Å². The van der Waals surface area contributed by atoms with E-state index in [4.69, 9.17) is 25.4 Å². The van der Waals surface area contributed by atoms with E-state index in [0.717, 1.165) is 0 Å². The van der Waals surface area contributed by atoms with Crippen LogP contribution in [0.15, 0.2) is 12.7 Å². The van der Waals surface area contributed by atoms with E-state index in [1.807, 2.05) is 0 Å². The molecule has 0 fully saturated rings. The molecule has 0 aromatic carbocycles. The highest BCUT2D eigenvalue weighted by atomic mass is 16.6. The maximum absolute atomic E-state index is 8.58. The van der Waals surface area contributed by atoms with Crippen LogP contribution in [0.2, 0.25) is 0 Å². The van der Waals surface area contributed by atoms with Gasteiger partial charge in [0.25, 0.3) is 0 Å². The Labute approximate surface area is 84.1 Å². The molecule has 0 aliphatic rings. The number of hydrogen-bond acceptors (Lipinski definition) is 5. The lowest BCUT2D eigenvalue weighted by molar-refractivity contribution is -0.103. The van der Waals surface area contributed by atoms with Crippen molar-refractivity contribution >= 4 is 0 Å². The van der Waals surface area contributed by atoms with Gasteiger partial charge in [0.15, 0.2) is 0 Å². The van der Waals surface area contributed by atoms with Crippen LogP contribution in [0.25, 0.3) is 0 Å². The van der Waals surface area contributed by atoms with Crippen LogP contribution in [-0.4, -0.2) is 49.0 Å². The highest BCUT2D eigenvalue weighted by Gasteiger charge is 2.24. The van der Waals surface area contributed by atoms with Gasteiger partial charge in [0, 0.05) is 6.42 Å². The number of aliphatic hydroxyl groups is 2.